The monoisotopic (exact) mass is 291 g/mol. The molecule has 1 aromatic rings. The Morgan fingerprint density at radius 3 is 2.68 bits per heavy atom. The maximum atomic E-state index is 12.1. The lowest BCUT2D eigenvalue weighted by molar-refractivity contribution is -0.0498. The Labute approximate surface area is 115 Å². The van der Waals surface area contributed by atoms with Gasteiger partial charge in [-0.2, -0.15) is 8.78 Å². The van der Waals surface area contributed by atoms with Crippen molar-refractivity contribution in [2.45, 2.75) is 38.3 Å². The highest BCUT2D eigenvalue weighted by Gasteiger charge is 2.13. The van der Waals surface area contributed by atoms with Gasteiger partial charge < -0.3 is 10.1 Å². The average Bonchev–Trinajstić information content (AvgIpc) is 2.27. The number of ether oxygens (including phenoxy) is 1. The van der Waals surface area contributed by atoms with Crippen LogP contribution in [-0.4, -0.2) is 23.9 Å². The van der Waals surface area contributed by atoms with Gasteiger partial charge in [0.2, 0.25) is 0 Å². The van der Waals surface area contributed by atoms with Crippen LogP contribution in [0, 0.1) is 0 Å². The number of carbonyl (C=O) groups excluding carboxylic acids is 1. The Morgan fingerprint density at radius 2 is 2.11 bits per heavy atom. The van der Waals surface area contributed by atoms with E-state index in [1.165, 1.54) is 24.3 Å². The average molecular weight is 292 g/mol. The minimum atomic E-state index is -2.91. The van der Waals surface area contributed by atoms with E-state index in [-0.39, 0.29) is 28.6 Å². The molecule has 1 N–H and O–H groups in total. The van der Waals surface area contributed by atoms with Crippen molar-refractivity contribution in [2.75, 3.05) is 0 Å². The second kappa shape index (κ2) is 7.28. The largest absolute Gasteiger partial charge is 0.435 e. The van der Waals surface area contributed by atoms with E-state index in [4.69, 9.17) is 11.6 Å². The first-order valence-electron chi connectivity index (χ1n) is 5.88. The van der Waals surface area contributed by atoms with Crippen molar-refractivity contribution < 1.29 is 18.3 Å². The normalized spacial score (nSPS) is 14.0. The highest BCUT2D eigenvalue weighted by Crippen LogP contribution is 2.16. The van der Waals surface area contributed by atoms with Crippen molar-refractivity contribution in [2.24, 2.45) is 0 Å². The van der Waals surface area contributed by atoms with Gasteiger partial charge >= 0.3 is 6.61 Å². The van der Waals surface area contributed by atoms with Crippen LogP contribution in [0.2, 0.25) is 0 Å². The highest BCUT2D eigenvalue weighted by molar-refractivity contribution is 6.20. The van der Waals surface area contributed by atoms with E-state index in [2.05, 4.69) is 10.1 Å². The summed E-state index contributed by atoms with van der Waals surface area (Å²) in [6, 6.07) is 5.57. The molecule has 1 rings (SSSR count). The second-order valence-corrected chi connectivity index (χ2v) is 5.04. The number of rotatable bonds is 6. The Balaban J connectivity index is 2.66. The molecule has 0 radical (unpaired) electrons. The molecular weight excluding hydrogens is 276 g/mol. The summed E-state index contributed by atoms with van der Waals surface area (Å²) in [5.41, 5.74) is 0.271. The standard InChI is InChI=1S/C13H16ClF2NO2/c1-8(14)6-9(2)17-12(18)10-4-3-5-11(7-10)19-13(15)16/h3-5,7-9,13H,6H2,1-2H3,(H,17,18). The van der Waals surface area contributed by atoms with Crippen LogP contribution in [0.3, 0.4) is 0 Å². The van der Waals surface area contributed by atoms with E-state index in [0.29, 0.717) is 6.42 Å². The molecule has 0 aliphatic rings. The van der Waals surface area contributed by atoms with Crippen molar-refractivity contribution in [3.05, 3.63) is 29.8 Å². The molecule has 2 atom stereocenters. The van der Waals surface area contributed by atoms with Gasteiger partial charge in [0.25, 0.3) is 5.91 Å². The zero-order valence-corrected chi connectivity index (χ0v) is 11.5. The van der Waals surface area contributed by atoms with Gasteiger partial charge in [0.05, 0.1) is 0 Å². The van der Waals surface area contributed by atoms with Gasteiger partial charge in [0, 0.05) is 17.0 Å². The molecule has 19 heavy (non-hydrogen) atoms. The van der Waals surface area contributed by atoms with Crippen LogP contribution >= 0.6 is 11.6 Å². The second-order valence-electron chi connectivity index (χ2n) is 4.30. The first kappa shape index (κ1) is 15.7. The fourth-order valence-corrected chi connectivity index (χ4v) is 1.93. The summed E-state index contributed by atoms with van der Waals surface area (Å²) >= 11 is 5.83. The molecule has 0 heterocycles. The van der Waals surface area contributed by atoms with Crippen LogP contribution in [0.1, 0.15) is 30.6 Å². The van der Waals surface area contributed by atoms with E-state index in [0.717, 1.165) is 0 Å². The molecular formula is C13H16ClF2NO2. The summed E-state index contributed by atoms with van der Waals surface area (Å²) < 4.78 is 28.4. The quantitative estimate of drug-likeness (QED) is 0.816. The fourth-order valence-electron chi connectivity index (χ4n) is 1.67. The van der Waals surface area contributed by atoms with Crippen LogP contribution in [-0.2, 0) is 0 Å². The smallest absolute Gasteiger partial charge is 0.387 e. The van der Waals surface area contributed by atoms with Crippen LogP contribution in [0.15, 0.2) is 24.3 Å². The maximum Gasteiger partial charge on any atom is 0.387 e. The van der Waals surface area contributed by atoms with Crippen LogP contribution < -0.4 is 10.1 Å². The van der Waals surface area contributed by atoms with E-state index in [1.54, 1.807) is 0 Å². The number of benzene rings is 1. The number of nitrogens with one attached hydrogen (secondary N) is 1. The minimum Gasteiger partial charge on any atom is -0.435 e. The highest BCUT2D eigenvalue weighted by atomic mass is 35.5. The first-order valence-corrected chi connectivity index (χ1v) is 6.32. The molecule has 106 valence electrons. The summed E-state index contributed by atoms with van der Waals surface area (Å²) in [7, 11) is 0. The van der Waals surface area contributed by atoms with Gasteiger partial charge in [-0.1, -0.05) is 6.07 Å². The van der Waals surface area contributed by atoms with Crippen molar-refractivity contribution in [3.8, 4) is 5.75 Å². The predicted molar refractivity (Wildman–Crippen MR) is 69.9 cm³/mol. The Morgan fingerprint density at radius 1 is 1.42 bits per heavy atom. The topological polar surface area (TPSA) is 38.3 Å². The maximum absolute atomic E-state index is 12.1. The molecule has 6 heteroatoms. The zero-order valence-electron chi connectivity index (χ0n) is 10.7. The first-order chi connectivity index (χ1) is 8.88. The Hall–Kier alpha value is -1.36. The number of alkyl halides is 3. The number of halogens is 3. The van der Waals surface area contributed by atoms with Gasteiger partial charge in [-0.05, 0) is 38.5 Å². The molecule has 0 aliphatic carbocycles. The van der Waals surface area contributed by atoms with Gasteiger partial charge in [-0.3, -0.25) is 4.79 Å². The van der Waals surface area contributed by atoms with Crippen LogP contribution in [0.25, 0.3) is 0 Å². The van der Waals surface area contributed by atoms with Crippen molar-refractivity contribution in [3.63, 3.8) is 0 Å². The van der Waals surface area contributed by atoms with Gasteiger partial charge in [0.15, 0.2) is 0 Å². The number of hydrogen-bond donors (Lipinski definition) is 1. The van der Waals surface area contributed by atoms with E-state index in [9.17, 15) is 13.6 Å². The molecule has 0 bridgehead atoms. The molecule has 0 aliphatic heterocycles. The molecule has 0 fully saturated rings. The van der Waals surface area contributed by atoms with Gasteiger partial charge in [-0.25, -0.2) is 0 Å². The molecule has 0 saturated carbocycles. The summed E-state index contributed by atoms with van der Waals surface area (Å²) in [5.74, 6) is -0.384. The Kier molecular flexibility index (Phi) is 6.02. The zero-order chi connectivity index (χ0) is 14.4. The van der Waals surface area contributed by atoms with Crippen molar-refractivity contribution in [1.29, 1.82) is 0 Å². The lowest BCUT2D eigenvalue weighted by Crippen LogP contribution is -2.33. The third-order valence-electron chi connectivity index (χ3n) is 2.38. The number of hydrogen-bond acceptors (Lipinski definition) is 2. The van der Waals surface area contributed by atoms with Gasteiger partial charge in [0.1, 0.15) is 5.75 Å². The molecule has 0 spiro atoms. The predicted octanol–water partition coefficient (Wildman–Crippen LogP) is 3.42. The molecule has 0 aromatic heterocycles. The van der Waals surface area contributed by atoms with Gasteiger partial charge in [-0.15, -0.1) is 11.6 Å². The third-order valence-corrected chi connectivity index (χ3v) is 2.56. The number of carbonyl (C=O) groups is 1. The van der Waals surface area contributed by atoms with Crippen molar-refractivity contribution in [1.82, 2.24) is 5.32 Å². The molecule has 0 saturated heterocycles. The van der Waals surface area contributed by atoms with E-state index in [1.807, 2.05) is 13.8 Å². The molecule has 2 unspecified atom stereocenters. The third kappa shape index (κ3) is 5.87. The summed E-state index contributed by atoms with van der Waals surface area (Å²) in [6.07, 6.45) is 0.626. The minimum absolute atomic E-state index is 0.0407. The van der Waals surface area contributed by atoms with Crippen molar-refractivity contribution >= 4 is 17.5 Å². The molecule has 1 aromatic carbocycles. The number of amides is 1. The van der Waals surface area contributed by atoms with Crippen LogP contribution in [0.5, 0.6) is 5.75 Å². The fraction of sp³-hybridized carbons (Fsp3) is 0.462. The Bertz CT molecular complexity index is 427. The van der Waals surface area contributed by atoms with Crippen LogP contribution in [0.4, 0.5) is 8.78 Å². The van der Waals surface area contributed by atoms with E-state index >= 15 is 0 Å². The summed E-state index contributed by atoms with van der Waals surface area (Å²) in [4.78, 5) is 11.9. The SMILES string of the molecule is CC(Cl)CC(C)NC(=O)c1cccc(OC(F)F)c1. The van der Waals surface area contributed by atoms with E-state index < -0.39 is 6.61 Å². The molecule has 1 amide bonds. The summed E-state index contributed by atoms with van der Waals surface area (Å²) in [6.45, 7) is 0.756. The lowest BCUT2D eigenvalue weighted by atomic mass is 10.1. The lowest BCUT2D eigenvalue weighted by Gasteiger charge is -2.15. The molecule has 3 nitrogen and oxygen atoms in total. The summed E-state index contributed by atoms with van der Waals surface area (Å²) in [5, 5.41) is 2.69.